The lowest BCUT2D eigenvalue weighted by atomic mass is 10.1. The minimum atomic E-state index is 0.0969. The molecule has 0 aromatic heterocycles. The van der Waals surface area contributed by atoms with Crippen LogP contribution in [0, 0.1) is 6.92 Å². The standard InChI is InChI=1S/C12H16BrNO/c1-10-5-3-6-11(9-10)12(15)14(2)8-4-7-13/h3,5-6,9H,4,7-8H2,1-2H3. The van der Waals surface area contributed by atoms with E-state index in [2.05, 4.69) is 15.9 Å². The SMILES string of the molecule is Cc1cccc(C(=O)N(C)CCCBr)c1. The van der Waals surface area contributed by atoms with Crippen molar-refractivity contribution in [3.05, 3.63) is 35.4 Å². The molecule has 0 atom stereocenters. The number of alkyl halides is 1. The van der Waals surface area contributed by atoms with Gasteiger partial charge < -0.3 is 4.90 Å². The molecule has 0 N–H and O–H groups in total. The molecule has 0 aliphatic rings. The maximum Gasteiger partial charge on any atom is 0.253 e. The van der Waals surface area contributed by atoms with E-state index in [4.69, 9.17) is 0 Å². The molecule has 0 aliphatic carbocycles. The maximum absolute atomic E-state index is 11.9. The van der Waals surface area contributed by atoms with Crippen LogP contribution in [0.15, 0.2) is 24.3 Å². The molecular weight excluding hydrogens is 254 g/mol. The van der Waals surface area contributed by atoms with Gasteiger partial charge >= 0.3 is 0 Å². The second kappa shape index (κ2) is 5.91. The van der Waals surface area contributed by atoms with Gasteiger partial charge in [-0.3, -0.25) is 4.79 Å². The molecule has 0 bridgehead atoms. The average Bonchev–Trinajstić information content (AvgIpc) is 2.24. The number of amides is 1. The third-order valence-electron chi connectivity index (χ3n) is 2.24. The number of hydrogen-bond donors (Lipinski definition) is 0. The molecule has 0 saturated heterocycles. The molecule has 1 rings (SSSR count). The van der Waals surface area contributed by atoms with E-state index in [-0.39, 0.29) is 5.91 Å². The molecule has 1 aromatic rings. The van der Waals surface area contributed by atoms with Crippen LogP contribution in [0.4, 0.5) is 0 Å². The van der Waals surface area contributed by atoms with E-state index in [9.17, 15) is 4.79 Å². The summed E-state index contributed by atoms with van der Waals surface area (Å²) in [5.41, 5.74) is 1.89. The van der Waals surface area contributed by atoms with Crippen LogP contribution in [0.25, 0.3) is 0 Å². The predicted octanol–water partition coefficient (Wildman–Crippen LogP) is 2.85. The zero-order valence-electron chi connectivity index (χ0n) is 9.16. The molecule has 3 heteroatoms. The molecule has 0 saturated carbocycles. The van der Waals surface area contributed by atoms with E-state index < -0.39 is 0 Å². The molecular formula is C12H16BrNO. The van der Waals surface area contributed by atoms with Gasteiger partial charge in [0.15, 0.2) is 0 Å². The van der Waals surface area contributed by atoms with E-state index in [1.54, 1.807) is 4.90 Å². The van der Waals surface area contributed by atoms with Crippen LogP contribution in [0.1, 0.15) is 22.3 Å². The zero-order valence-corrected chi connectivity index (χ0v) is 10.8. The Labute approximate surface area is 99.4 Å². The minimum Gasteiger partial charge on any atom is -0.342 e. The fourth-order valence-electron chi connectivity index (χ4n) is 1.40. The van der Waals surface area contributed by atoms with Crippen LogP contribution in [0.3, 0.4) is 0 Å². The van der Waals surface area contributed by atoms with Crippen molar-refractivity contribution >= 4 is 21.8 Å². The van der Waals surface area contributed by atoms with Crippen LogP contribution in [-0.2, 0) is 0 Å². The third kappa shape index (κ3) is 3.67. The molecule has 0 spiro atoms. The summed E-state index contributed by atoms with van der Waals surface area (Å²) in [6, 6.07) is 7.70. The first-order chi connectivity index (χ1) is 7.15. The van der Waals surface area contributed by atoms with Crippen LogP contribution >= 0.6 is 15.9 Å². The molecule has 0 unspecified atom stereocenters. The minimum absolute atomic E-state index is 0.0969. The first kappa shape index (κ1) is 12.2. The normalized spacial score (nSPS) is 10.1. The molecule has 0 radical (unpaired) electrons. The lowest BCUT2D eigenvalue weighted by Crippen LogP contribution is -2.27. The van der Waals surface area contributed by atoms with Crippen molar-refractivity contribution in [2.45, 2.75) is 13.3 Å². The summed E-state index contributed by atoms with van der Waals surface area (Å²) < 4.78 is 0. The Balaban J connectivity index is 2.67. The molecule has 0 heterocycles. The summed E-state index contributed by atoms with van der Waals surface area (Å²) in [5, 5.41) is 0.929. The van der Waals surface area contributed by atoms with Crippen molar-refractivity contribution in [1.82, 2.24) is 4.90 Å². The van der Waals surface area contributed by atoms with E-state index in [1.165, 1.54) is 0 Å². The first-order valence-electron chi connectivity index (χ1n) is 5.03. The second-order valence-corrected chi connectivity index (χ2v) is 4.43. The second-order valence-electron chi connectivity index (χ2n) is 3.64. The number of benzene rings is 1. The number of carbonyl (C=O) groups is 1. The Hall–Kier alpha value is -0.830. The number of rotatable bonds is 4. The van der Waals surface area contributed by atoms with Crippen molar-refractivity contribution in [3.63, 3.8) is 0 Å². The van der Waals surface area contributed by atoms with E-state index in [0.717, 1.165) is 29.4 Å². The zero-order chi connectivity index (χ0) is 11.3. The van der Waals surface area contributed by atoms with Gasteiger partial charge in [-0.2, -0.15) is 0 Å². The quantitative estimate of drug-likeness (QED) is 0.770. The number of halogens is 1. The monoisotopic (exact) mass is 269 g/mol. The Bertz CT molecular complexity index is 338. The van der Waals surface area contributed by atoms with Gasteiger partial charge in [0.05, 0.1) is 0 Å². The van der Waals surface area contributed by atoms with Crippen molar-refractivity contribution in [2.75, 3.05) is 18.9 Å². The van der Waals surface area contributed by atoms with Gasteiger partial charge in [-0.15, -0.1) is 0 Å². The summed E-state index contributed by atoms with van der Waals surface area (Å²) in [5.74, 6) is 0.0969. The Morgan fingerprint density at radius 1 is 1.47 bits per heavy atom. The third-order valence-corrected chi connectivity index (χ3v) is 2.80. The first-order valence-corrected chi connectivity index (χ1v) is 6.15. The van der Waals surface area contributed by atoms with Gasteiger partial charge in [-0.1, -0.05) is 33.6 Å². The van der Waals surface area contributed by atoms with E-state index >= 15 is 0 Å². The van der Waals surface area contributed by atoms with E-state index in [1.807, 2.05) is 38.2 Å². The molecule has 15 heavy (non-hydrogen) atoms. The average molecular weight is 270 g/mol. The number of nitrogens with zero attached hydrogens (tertiary/aromatic N) is 1. The summed E-state index contributed by atoms with van der Waals surface area (Å²) in [4.78, 5) is 13.7. The van der Waals surface area contributed by atoms with E-state index in [0.29, 0.717) is 0 Å². The molecule has 82 valence electrons. The Morgan fingerprint density at radius 2 is 2.20 bits per heavy atom. The highest BCUT2D eigenvalue weighted by molar-refractivity contribution is 9.09. The highest BCUT2D eigenvalue weighted by atomic mass is 79.9. The maximum atomic E-state index is 11.9. The Morgan fingerprint density at radius 3 is 2.80 bits per heavy atom. The van der Waals surface area contributed by atoms with Crippen molar-refractivity contribution in [1.29, 1.82) is 0 Å². The summed E-state index contributed by atoms with van der Waals surface area (Å²) in [6.45, 7) is 2.79. The van der Waals surface area contributed by atoms with Gasteiger partial charge in [0.2, 0.25) is 0 Å². The molecule has 0 fully saturated rings. The fraction of sp³-hybridized carbons (Fsp3) is 0.417. The number of carbonyl (C=O) groups excluding carboxylic acids is 1. The van der Waals surface area contributed by atoms with Crippen LogP contribution in [0.2, 0.25) is 0 Å². The lowest BCUT2D eigenvalue weighted by molar-refractivity contribution is 0.0795. The van der Waals surface area contributed by atoms with Gasteiger partial charge in [-0.25, -0.2) is 0 Å². The van der Waals surface area contributed by atoms with Gasteiger partial charge in [0.25, 0.3) is 5.91 Å². The van der Waals surface area contributed by atoms with Crippen molar-refractivity contribution in [3.8, 4) is 0 Å². The van der Waals surface area contributed by atoms with Gasteiger partial charge in [0, 0.05) is 24.5 Å². The van der Waals surface area contributed by atoms with Crippen LogP contribution in [0.5, 0.6) is 0 Å². The van der Waals surface area contributed by atoms with Crippen LogP contribution in [-0.4, -0.2) is 29.7 Å². The number of hydrogen-bond acceptors (Lipinski definition) is 1. The highest BCUT2D eigenvalue weighted by Crippen LogP contribution is 2.07. The lowest BCUT2D eigenvalue weighted by Gasteiger charge is -2.16. The smallest absolute Gasteiger partial charge is 0.253 e. The summed E-state index contributed by atoms with van der Waals surface area (Å²) in [7, 11) is 1.84. The van der Waals surface area contributed by atoms with Crippen LogP contribution < -0.4 is 0 Å². The molecule has 1 amide bonds. The highest BCUT2D eigenvalue weighted by Gasteiger charge is 2.10. The fourth-order valence-corrected chi connectivity index (χ4v) is 1.65. The Kier molecular flexibility index (Phi) is 4.82. The van der Waals surface area contributed by atoms with Gasteiger partial charge in [-0.05, 0) is 25.5 Å². The van der Waals surface area contributed by atoms with Crippen molar-refractivity contribution in [2.24, 2.45) is 0 Å². The number of aryl methyl sites for hydroxylation is 1. The van der Waals surface area contributed by atoms with Gasteiger partial charge in [0.1, 0.15) is 0 Å². The summed E-state index contributed by atoms with van der Waals surface area (Å²) >= 11 is 3.36. The predicted molar refractivity (Wildman–Crippen MR) is 66.6 cm³/mol. The van der Waals surface area contributed by atoms with Crippen molar-refractivity contribution < 1.29 is 4.79 Å². The topological polar surface area (TPSA) is 20.3 Å². The molecule has 1 aromatic carbocycles. The molecule has 0 aliphatic heterocycles. The summed E-state index contributed by atoms with van der Waals surface area (Å²) in [6.07, 6.45) is 0.980. The largest absolute Gasteiger partial charge is 0.342 e. The molecule has 2 nitrogen and oxygen atoms in total.